The van der Waals surface area contributed by atoms with E-state index in [-0.39, 0.29) is 16.5 Å². The van der Waals surface area contributed by atoms with Crippen molar-refractivity contribution >= 4 is 17.3 Å². The van der Waals surface area contributed by atoms with Gasteiger partial charge in [-0.3, -0.25) is 14.9 Å². The number of anilines is 1. The van der Waals surface area contributed by atoms with Gasteiger partial charge in [0.25, 0.3) is 11.6 Å². The minimum Gasteiger partial charge on any atom is -0.366 e. The predicted octanol–water partition coefficient (Wildman–Crippen LogP) is 3.95. The molecule has 0 aromatic heterocycles. The third-order valence-electron chi connectivity index (χ3n) is 5.70. The van der Waals surface area contributed by atoms with E-state index in [0.29, 0.717) is 29.0 Å². The molecule has 0 radical (unpaired) electrons. The Balaban J connectivity index is 1.84. The van der Waals surface area contributed by atoms with Crippen LogP contribution in [0.25, 0.3) is 0 Å². The van der Waals surface area contributed by atoms with Crippen LogP contribution in [-0.4, -0.2) is 41.9 Å². The van der Waals surface area contributed by atoms with Crippen LogP contribution in [0.4, 0.5) is 11.4 Å². The number of rotatable bonds is 3. The maximum Gasteiger partial charge on any atom is 0.293 e. The highest BCUT2D eigenvalue weighted by molar-refractivity contribution is 5.96. The lowest BCUT2D eigenvalue weighted by Gasteiger charge is -2.35. The number of amides is 1. The van der Waals surface area contributed by atoms with Crippen LogP contribution < -0.4 is 4.90 Å². The van der Waals surface area contributed by atoms with Crippen LogP contribution >= 0.6 is 0 Å². The normalized spacial score (nSPS) is 24.6. The molecule has 0 aliphatic carbocycles. The van der Waals surface area contributed by atoms with E-state index in [9.17, 15) is 14.9 Å². The second-order valence-electron chi connectivity index (χ2n) is 8.29. The first kappa shape index (κ1) is 18.7. The van der Waals surface area contributed by atoms with Crippen molar-refractivity contribution in [3.63, 3.8) is 0 Å². The summed E-state index contributed by atoms with van der Waals surface area (Å²) in [7, 11) is 0. The largest absolute Gasteiger partial charge is 0.366 e. The second kappa shape index (κ2) is 7.64. The highest BCUT2D eigenvalue weighted by Gasteiger charge is 2.29. The van der Waals surface area contributed by atoms with Crippen LogP contribution in [0.15, 0.2) is 18.2 Å². The molecule has 3 rings (SSSR count). The van der Waals surface area contributed by atoms with Gasteiger partial charge in [-0.15, -0.1) is 0 Å². The molecule has 26 heavy (non-hydrogen) atoms. The highest BCUT2D eigenvalue weighted by atomic mass is 16.6. The molecule has 0 unspecified atom stereocenters. The maximum atomic E-state index is 12.9. The molecule has 1 amide bonds. The van der Waals surface area contributed by atoms with Crippen molar-refractivity contribution in [2.75, 3.05) is 31.1 Å². The molecule has 2 atom stereocenters. The molecule has 6 nitrogen and oxygen atoms in total. The number of nitro groups is 1. The first-order chi connectivity index (χ1) is 12.3. The topological polar surface area (TPSA) is 66.7 Å². The molecule has 2 heterocycles. The number of carbonyl (C=O) groups is 1. The molecule has 0 bridgehead atoms. The molecule has 2 aliphatic rings. The van der Waals surface area contributed by atoms with Crippen molar-refractivity contribution in [3.8, 4) is 0 Å². The monoisotopic (exact) mass is 359 g/mol. The molecule has 1 aromatic carbocycles. The predicted molar refractivity (Wildman–Crippen MR) is 103 cm³/mol. The van der Waals surface area contributed by atoms with Gasteiger partial charge in [0.2, 0.25) is 0 Å². The fraction of sp³-hybridized carbons (Fsp3) is 0.650. The van der Waals surface area contributed by atoms with Crippen molar-refractivity contribution in [2.24, 2.45) is 17.8 Å². The van der Waals surface area contributed by atoms with Gasteiger partial charge in [-0.1, -0.05) is 20.8 Å². The fourth-order valence-corrected chi connectivity index (χ4v) is 4.33. The van der Waals surface area contributed by atoms with Crippen molar-refractivity contribution in [1.29, 1.82) is 0 Å². The Hall–Kier alpha value is -2.11. The van der Waals surface area contributed by atoms with E-state index in [1.807, 2.05) is 4.90 Å². The van der Waals surface area contributed by atoms with E-state index in [2.05, 4.69) is 25.7 Å². The van der Waals surface area contributed by atoms with E-state index in [0.717, 1.165) is 45.4 Å². The zero-order valence-corrected chi connectivity index (χ0v) is 16.0. The van der Waals surface area contributed by atoms with Crippen LogP contribution in [0.2, 0.25) is 0 Å². The zero-order chi connectivity index (χ0) is 18.8. The summed E-state index contributed by atoms with van der Waals surface area (Å²) in [5.41, 5.74) is 1.11. The Morgan fingerprint density at radius 3 is 2.27 bits per heavy atom. The quantitative estimate of drug-likeness (QED) is 0.605. The van der Waals surface area contributed by atoms with Crippen molar-refractivity contribution in [2.45, 2.75) is 40.0 Å². The third-order valence-corrected chi connectivity index (χ3v) is 5.70. The smallest absolute Gasteiger partial charge is 0.293 e. The maximum absolute atomic E-state index is 12.9. The number of nitrogens with zero attached hydrogens (tertiary/aromatic N) is 3. The molecule has 1 aromatic rings. The molecule has 2 aliphatic heterocycles. The summed E-state index contributed by atoms with van der Waals surface area (Å²) < 4.78 is 0. The van der Waals surface area contributed by atoms with Gasteiger partial charge in [-0.2, -0.15) is 0 Å². The molecule has 2 fully saturated rings. The molecular weight excluding hydrogens is 330 g/mol. The van der Waals surface area contributed by atoms with Crippen molar-refractivity contribution in [1.82, 2.24) is 4.90 Å². The highest BCUT2D eigenvalue weighted by Crippen LogP contribution is 2.33. The molecular formula is C20H29N3O3. The van der Waals surface area contributed by atoms with Gasteiger partial charge < -0.3 is 9.80 Å². The van der Waals surface area contributed by atoms with Gasteiger partial charge in [0.15, 0.2) is 0 Å². The lowest BCUT2D eigenvalue weighted by Crippen LogP contribution is -2.42. The minimum atomic E-state index is -0.356. The van der Waals surface area contributed by atoms with Crippen LogP contribution in [0.3, 0.4) is 0 Å². The first-order valence-corrected chi connectivity index (χ1v) is 9.67. The summed E-state index contributed by atoms with van der Waals surface area (Å²) in [5.74, 6) is 1.50. The minimum absolute atomic E-state index is 0.0449. The summed E-state index contributed by atoms with van der Waals surface area (Å²) in [4.78, 5) is 28.1. The van der Waals surface area contributed by atoms with E-state index >= 15 is 0 Å². The molecule has 0 saturated carbocycles. The molecule has 2 saturated heterocycles. The zero-order valence-electron chi connectivity index (χ0n) is 16.0. The Kier molecular flexibility index (Phi) is 5.49. The molecule has 0 spiro atoms. The average molecular weight is 359 g/mol. The van der Waals surface area contributed by atoms with Crippen LogP contribution in [0.5, 0.6) is 0 Å². The molecule has 6 heteroatoms. The standard InChI is InChI=1S/C20H29N3O3/c1-14-6-8-21(9-7-14)18-5-4-17(11-19(18)23(25)26)20(24)22-12-15(2)10-16(3)13-22/h4-5,11,14-16H,6-10,12-13H2,1-3H3/t15-,16-/m1/s1. The number of likely N-dealkylation sites (tertiary alicyclic amines) is 1. The van der Waals surface area contributed by atoms with Gasteiger partial charge in [0.1, 0.15) is 5.69 Å². The van der Waals surface area contributed by atoms with Gasteiger partial charge in [0, 0.05) is 37.8 Å². The van der Waals surface area contributed by atoms with E-state index in [1.54, 1.807) is 12.1 Å². The Morgan fingerprint density at radius 2 is 1.69 bits per heavy atom. The lowest BCUT2D eigenvalue weighted by atomic mass is 9.91. The first-order valence-electron chi connectivity index (χ1n) is 9.67. The van der Waals surface area contributed by atoms with Gasteiger partial charge in [0.05, 0.1) is 4.92 Å². The number of nitro benzene ring substituents is 1. The third kappa shape index (κ3) is 4.00. The van der Waals surface area contributed by atoms with Gasteiger partial charge in [-0.25, -0.2) is 0 Å². The van der Waals surface area contributed by atoms with Crippen LogP contribution in [0, 0.1) is 27.9 Å². The summed E-state index contributed by atoms with van der Waals surface area (Å²) >= 11 is 0. The summed E-state index contributed by atoms with van der Waals surface area (Å²) in [6.07, 6.45) is 3.21. The fourth-order valence-electron chi connectivity index (χ4n) is 4.33. The van der Waals surface area contributed by atoms with Gasteiger partial charge in [-0.05, 0) is 49.1 Å². The van der Waals surface area contributed by atoms with Crippen LogP contribution in [-0.2, 0) is 0 Å². The van der Waals surface area contributed by atoms with E-state index in [1.165, 1.54) is 6.07 Å². The molecule has 0 N–H and O–H groups in total. The summed E-state index contributed by atoms with van der Waals surface area (Å²) in [6, 6.07) is 4.99. The number of carbonyl (C=O) groups excluding carboxylic acids is 1. The van der Waals surface area contributed by atoms with Gasteiger partial charge >= 0.3 is 0 Å². The second-order valence-corrected chi connectivity index (χ2v) is 8.29. The SMILES string of the molecule is CC1CCN(c2ccc(C(=O)N3C[C@H](C)C[C@@H](C)C3)cc2[N+](=O)[O-])CC1. The number of benzene rings is 1. The number of hydrogen-bond acceptors (Lipinski definition) is 4. The Labute approximate surface area is 155 Å². The van der Waals surface area contributed by atoms with Crippen molar-refractivity contribution in [3.05, 3.63) is 33.9 Å². The van der Waals surface area contributed by atoms with E-state index < -0.39 is 0 Å². The lowest BCUT2D eigenvalue weighted by molar-refractivity contribution is -0.384. The Morgan fingerprint density at radius 1 is 1.08 bits per heavy atom. The molecule has 142 valence electrons. The van der Waals surface area contributed by atoms with E-state index in [4.69, 9.17) is 0 Å². The number of piperidine rings is 2. The van der Waals surface area contributed by atoms with Crippen molar-refractivity contribution < 1.29 is 9.72 Å². The summed E-state index contributed by atoms with van der Waals surface area (Å²) in [6.45, 7) is 9.63. The van der Waals surface area contributed by atoms with Crippen LogP contribution in [0.1, 0.15) is 50.4 Å². The number of hydrogen-bond donors (Lipinski definition) is 0. The average Bonchev–Trinajstić information content (AvgIpc) is 2.60. The Bertz CT molecular complexity index is 673. The summed E-state index contributed by atoms with van der Waals surface area (Å²) in [5, 5.41) is 11.6.